The Morgan fingerprint density at radius 3 is 2.28 bits per heavy atom. The number of nitriles is 1. The molecule has 1 aromatic carbocycles. The van der Waals surface area contributed by atoms with Crippen LogP contribution in [0.4, 0.5) is 10.5 Å². The number of piperidine rings is 1. The molecule has 3 rings (SSSR count). The average molecular weight is 508 g/mol. The van der Waals surface area contributed by atoms with Gasteiger partial charge in [-0.15, -0.1) is 0 Å². The van der Waals surface area contributed by atoms with Gasteiger partial charge >= 0.3 is 12.1 Å². The number of nitrogens with one attached hydrogen (secondary N) is 1. The molecule has 36 heavy (non-hydrogen) atoms. The number of amides is 1. The molecular formula is C27H45N3O6. The molecule has 2 heterocycles. The van der Waals surface area contributed by atoms with Crippen molar-refractivity contribution in [2.75, 3.05) is 44.8 Å². The van der Waals surface area contributed by atoms with Crippen LogP contribution in [0.5, 0.6) is 11.5 Å². The van der Waals surface area contributed by atoms with E-state index in [9.17, 15) is 9.59 Å². The first kappa shape index (κ1) is 30.9. The van der Waals surface area contributed by atoms with E-state index >= 15 is 0 Å². The molecule has 2 aliphatic heterocycles. The number of hydrogen-bond acceptors (Lipinski definition) is 8. The van der Waals surface area contributed by atoms with Crippen LogP contribution in [0.3, 0.4) is 0 Å². The Balaban J connectivity index is 0.000000609. The highest BCUT2D eigenvalue weighted by Gasteiger charge is 2.30. The molecule has 9 heteroatoms. The first-order chi connectivity index (χ1) is 17.0. The lowest BCUT2D eigenvalue weighted by atomic mass is 9.97. The normalized spacial score (nSPS) is 14.8. The third kappa shape index (κ3) is 12.5. The number of carbonyl (C=O) groups excluding carboxylic acids is 2. The van der Waals surface area contributed by atoms with E-state index < -0.39 is 5.60 Å². The second-order valence-electron chi connectivity index (χ2n) is 10.1. The van der Waals surface area contributed by atoms with Crippen LogP contribution in [0.25, 0.3) is 0 Å². The number of ether oxygens (including phenoxy) is 4. The van der Waals surface area contributed by atoms with Gasteiger partial charge in [-0.05, 0) is 58.6 Å². The topological polar surface area (TPSA) is 110 Å². The van der Waals surface area contributed by atoms with Crippen LogP contribution in [-0.4, -0.2) is 62.0 Å². The van der Waals surface area contributed by atoms with Gasteiger partial charge in [0.2, 0.25) is 0 Å². The molecule has 0 atom stereocenters. The van der Waals surface area contributed by atoms with Gasteiger partial charge in [0, 0.05) is 26.3 Å². The average Bonchev–Trinajstić information content (AvgIpc) is 2.82. The summed E-state index contributed by atoms with van der Waals surface area (Å²) in [4.78, 5) is 25.0. The van der Waals surface area contributed by atoms with E-state index in [4.69, 9.17) is 24.2 Å². The first-order valence-electron chi connectivity index (χ1n) is 12.6. The van der Waals surface area contributed by atoms with E-state index in [2.05, 4.69) is 26.1 Å². The van der Waals surface area contributed by atoms with Gasteiger partial charge in [-0.1, -0.05) is 20.8 Å². The zero-order valence-electron chi connectivity index (χ0n) is 22.9. The van der Waals surface area contributed by atoms with Crippen LogP contribution in [-0.2, 0) is 14.3 Å². The molecule has 1 saturated heterocycles. The van der Waals surface area contributed by atoms with Crippen LogP contribution in [0, 0.1) is 23.2 Å². The van der Waals surface area contributed by atoms with E-state index in [1.165, 1.54) is 0 Å². The number of hydrogen-bond donors (Lipinski definition) is 1. The molecular weight excluding hydrogens is 462 g/mol. The Morgan fingerprint density at radius 2 is 1.75 bits per heavy atom. The van der Waals surface area contributed by atoms with Gasteiger partial charge < -0.3 is 29.2 Å². The number of benzene rings is 1. The fourth-order valence-electron chi connectivity index (χ4n) is 3.18. The summed E-state index contributed by atoms with van der Waals surface area (Å²) in [6.07, 6.45) is 1.00. The number of fused-ring (bicyclic) bond motifs is 1. The lowest BCUT2D eigenvalue weighted by Crippen LogP contribution is -2.43. The quantitative estimate of drug-likeness (QED) is 0.420. The lowest BCUT2D eigenvalue weighted by Gasteiger charge is -2.32. The largest absolute Gasteiger partial charge is 0.486 e. The summed E-state index contributed by atoms with van der Waals surface area (Å²) in [5.41, 5.74) is 0.394. The molecule has 0 spiro atoms. The fraction of sp³-hybridized carbons (Fsp3) is 0.667. The maximum atomic E-state index is 11.8. The number of esters is 1. The summed E-state index contributed by atoms with van der Waals surface area (Å²) in [6, 6.07) is 7.56. The SMILES string of the molecule is CC(C)C.CCOC(=O)C1CCN(C(=O)OC(C)(C)C)CC1.N#CCNc1ccc2c(c1)OCCO2.[HH]. The second kappa shape index (κ2) is 15.8. The molecule has 204 valence electrons. The highest BCUT2D eigenvalue weighted by molar-refractivity contribution is 5.73. The van der Waals surface area contributed by atoms with Gasteiger partial charge in [-0.3, -0.25) is 4.79 Å². The Kier molecular flexibility index (Phi) is 13.5. The number of likely N-dealkylation sites (tertiary alicyclic amines) is 1. The lowest BCUT2D eigenvalue weighted by molar-refractivity contribution is -0.149. The highest BCUT2D eigenvalue weighted by atomic mass is 16.6. The number of anilines is 1. The van der Waals surface area contributed by atoms with Crippen LogP contribution in [0.2, 0.25) is 0 Å². The van der Waals surface area contributed by atoms with Gasteiger partial charge in [-0.25, -0.2) is 4.79 Å². The number of nitrogens with zero attached hydrogens (tertiary/aromatic N) is 2. The Bertz CT molecular complexity index is 856. The molecule has 0 radical (unpaired) electrons. The van der Waals surface area contributed by atoms with Crippen LogP contribution >= 0.6 is 0 Å². The van der Waals surface area contributed by atoms with Gasteiger partial charge in [0.05, 0.1) is 18.6 Å². The molecule has 1 N–H and O–H groups in total. The smallest absolute Gasteiger partial charge is 0.410 e. The van der Waals surface area contributed by atoms with Crippen molar-refractivity contribution in [1.29, 1.82) is 5.26 Å². The molecule has 0 aromatic heterocycles. The van der Waals surface area contributed by atoms with Crippen LogP contribution in [0.1, 0.15) is 62.7 Å². The predicted octanol–water partition coefficient (Wildman–Crippen LogP) is 5.50. The highest BCUT2D eigenvalue weighted by Crippen LogP contribution is 2.32. The van der Waals surface area contributed by atoms with Crippen molar-refractivity contribution in [3.8, 4) is 17.6 Å². The second-order valence-corrected chi connectivity index (χ2v) is 10.1. The monoisotopic (exact) mass is 507 g/mol. The van der Waals surface area contributed by atoms with Crippen LogP contribution in [0.15, 0.2) is 18.2 Å². The van der Waals surface area contributed by atoms with E-state index in [0.717, 1.165) is 23.1 Å². The van der Waals surface area contributed by atoms with E-state index in [0.29, 0.717) is 52.3 Å². The molecule has 1 aromatic rings. The fourth-order valence-corrected chi connectivity index (χ4v) is 3.18. The van der Waals surface area contributed by atoms with Gasteiger partial charge in [0.15, 0.2) is 11.5 Å². The predicted molar refractivity (Wildman–Crippen MR) is 141 cm³/mol. The number of carbonyl (C=O) groups is 2. The summed E-state index contributed by atoms with van der Waals surface area (Å²) in [7, 11) is 0. The van der Waals surface area contributed by atoms with Crippen molar-refractivity contribution in [3.05, 3.63) is 18.2 Å². The van der Waals surface area contributed by atoms with Gasteiger partial charge in [0.1, 0.15) is 25.4 Å². The molecule has 9 nitrogen and oxygen atoms in total. The Labute approximate surface area is 217 Å². The Morgan fingerprint density at radius 1 is 1.17 bits per heavy atom. The maximum absolute atomic E-state index is 11.8. The number of rotatable bonds is 4. The summed E-state index contributed by atoms with van der Waals surface area (Å²) in [5, 5.41) is 11.3. The molecule has 1 fully saturated rings. The van der Waals surface area contributed by atoms with Gasteiger partial charge in [0.25, 0.3) is 0 Å². The molecule has 0 unspecified atom stereocenters. The Hall–Kier alpha value is -3.15. The zero-order valence-corrected chi connectivity index (χ0v) is 22.9. The minimum Gasteiger partial charge on any atom is -0.486 e. The maximum Gasteiger partial charge on any atom is 0.410 e. The molecule has 1 amide bonds. The summed E-state index contributed by atoms with van der Waals surface area (Å²) < 4.78 is 21.0. The van der Waals surface area contributed by atoms with E-state index in [-0.39, 0.29) is 19.4 Å². The summed E-state index contributed by atoms with van der Waals surface area (Å²) in [6.45, 7) is 16.8. The minimum absolute atomic E-state index is 0. The van der Waals surface area contributed by atoms with Crippen molar-refractivity contribution >= 4 is 17.7 Å². The molecule has 2 aliphatic rings. The van der Waals surface area contributed by atoms with Crippen molar-refractivity contribution in [2.45, 2.75) is 66.9 Å². The standard InChI is InChI=1S/C13H23NO4.C10H10N2O2.C4H10.H2/c1-5-17-11(15)10-6-8-14(9-7-10)12(16)18-13(2,3)4;11-3-4-12-8-1-2-9-10(7-8)14-6-5-13-9;1-4(2)3;/h10H,5-9H2,1-4H3;1-2,7,12H,4-6H2;4H,1-3H3;1H. The van der Waals surface area contributed by atoms with Crippen LogP contribution < -0.4 is 14.8 Å². The summed E-state index contributed by atoms with van der Waals surface area (Å²) >= 11 is 0. The third-order valence-electron chi connectivity index (χ3n) is 4.68. The van der Waals surface area contributed by atoms with Gasteiger partial charge in [-0.2, -0.15) is 5.26 Å². The van der Waals surface area contributed by atoms with E-state index in [1.807, 2.05) is 45.0 Å². The van der Waals surface area contributed by atoms with Crippen molar-refractivity contribution in [1.82, 2.24) is 4.90 Å². The van der Waals surface area contributed by atoms with Crippen molar-refractivity contribution < 1.29 is 30.0 Å². The van der Waals surface area contributed by atoms with E-state index in [1.54, 1.807) is 11.8 Å². The zero-order chi connectivity index (χ0) is 27.1. The third-order valence-corrected chi connectivity index (χ3v) is 4.68. The summed E-state index contributed by atoms with van der Waals surface area (Å²) in [5.74, 6) is 2.10. The molecule has 0 saturated carbocycles. The molecule has 0 bridgehead atoms. The molecule has 0 aliphatic carbocycles. The van der Waals surface area contributed by atoms with Crippen molar-refractivity contribution in [3.63, 3.8) is 0 Å². The first-order valence-corrected chi connectivity index (χ1v) is 12.6. The van der Waals surface area contributed by atoms with Crippen molar-refractivity contribution in [2.24, 2.45) is 11.8 Å². The minimum atomic E-state index is -0.477.